The van der Waals surface area contributed by atoms with Crippen molar-refractivity contribution in [2.45, 2.75) is 65.0 Å². The Bertz CT molecular complexity index is 1260. The van der Waals surface area contributed by atoms with Crippen molar-refractivity contribution in [2.24, 2.45) is 4.99 Å². The second-order valence-corrected chi connectivity index (χ2v) is 10.5. The van der Waals surface area contributed by atoms with Crippen LogP contribution in [0.1, 0.15) is 66.5 Å². The van der Waals surface area contributed by atoms with Crippen LogP contribution in [-0.2, 0) is 16.7 Å². The van der Waals surface area contributed by atoms with Crippen LogP contribution in [0.3, 0.4) is 0 Å². The number of ether oxygens (including phenoxy) is 2. The second kappa shape index (κ2) is 10.4. The molecule has 0 N–H and O–H groups in total. The summed E-state index contributed by atoms with van der Waals surface area (Å²) >= 11 is 1.44. The number of halogens is 2. The first-order valence-electron chi connectivity index (χ1n) is 11.6. The zero-order chi connectivity index (χ0) is 25.2. The Labute approximate surface area is 207 Å². The summed E-state index contributed by atoms with van der Waals surface area (Å²) in [6.45, 7) is 9.65. The van der Waals surface area contributed by atoms with Gasteiger partial charge in [0, 0.05) is 35.0 Å². The van der Waals surface area contributed by atoms with Gasteiger partial charge in [-0.15, -0.1) is 11.3 Å². The van der Waals surface area contributed by atoms with Gasteiger partial charge in [0.2, 0.25) is 5.88 Å². The van der Waals surface area contributed by atoms with Gasteiger partial charge < -0.3 is 14.0 Å². The van der Waals surface area contributed by atoms with Crippen LogP contribution in [-0.4, -0.2) is 28.2 Å². The molecule has 3 heterocycles. The van der Waals surface area contributed by atoms with Crippen molar-refractivity contribution < 1.29 is 23.0 Å². The molecule has 35 heavy (non-hydrogen) atoms. The molecule has 1 amide bonds. The molecule has 0 bridgehead atoms. The van der Waals surface area contributed by atoms with Crippen molar-refractivity contribution >= 4 is 17.2 Å². The molecule has 1 aliphatic rings. The molecule has 9 heteroatoms. The van der Waals surface area contributed by atoms with Crippen LogP contribution >= 0.6 is 11.3 Å². The summed E-state index contributed by atoms with van der Waals surface area (Å²) < 4.78 is 40.5. The van der Waals surface area contributed by atoms with Crippen molar-refractivity contribution in [1.82, 2.24) is 9.55 Å². The molecule has 0 spiro atoms. The molecule has 1 unspecified atom stereocenters. The van der Waals surface area contributed by atoms with Crippen LogP contribution in [0.2, 0.25) is 0 Å². The number of hydrogen-bond donors (Lipinski definition) is 0. The Morgan fingerprint density at radius 1 is 1.31 bits per heavy atom. The van der Waals surface area contributed by atoms with Crippen molar-refractivity contribution in [3.63, 3.8) is 0 Å². The second-order valence-electron chi connectivity index (χ2n) is 9.54. The lowest BCUT2D eigenvalue weighted by atomic mass is 9.93. The highest BCUT2D eigenvalue weighted by molar-refractivity contribution is 7.09. The van der Waals surface area contributed by atoms with Gasteiger partial charge in [0.05, 0.1) is 18.2 Å². The highest BCUT2D eigenvalue weighted by Gasteiger charge is 2.25. The first kappa shape index (κ1) is 25.2. The fourth-order valence-electron chi connectivity index (χ4n) is 4.08. The number of pyridine rings is 1. The van der Waals surface area contributed by atoms with Crippen molar-refractivity contribution in [3.8, 4) is 11.6 Å². The molecule has 2 aromatic heterocycles. The predicted molar refractivity (Wildman–Crippen MR) is 130 cm³/mol. The molecule has 0 aliphatic carbocycles. The van der Waals surface area contributed by atoms with Crippen molar-refractivity contribution in [1.29, 1.82) is 0 Å². The quantitative estimate of drug-likeness (QED) is 0.403. The highest BCUT2D eigenvalue weighted by Crippen LogP contribution is 2.31. The van der Waals surface area contributed by atoms with Crippen LogP contribution in [0.25, 0.3) is 0 Å². The van der Waals surface area contributed by atoms with Gasteiger partial charge >= 0.3 is 0 Å². The summed E-state index contributed by atoms with van der Waals surface area (Å²) in [6, 6.07) is 8.83. The first-order valence-corrected chi connectivity index (χ1v) is 12.4. The standard InChI is InChI=1S/C26H29F2N3O3S/c1-16-22(26(2,3)4)35-25(31(16)15-18-8-7-13-33-18)30-24(32)19-14-17(23(27)28)10-11-20(19)34-21-9-5-6-12-29-21/h5-6,9-12,14,18,23H,7-8,13,15H2,1-4H3. The van der Waals surface area contributed by atoms with Gasteiger partial charge in [0.15, 0.2) is 4.80 Å². The Hall–Kier alpha value is -2.91. The zero-order valence-corrected chi connectivity index (χ0v) is 21.1. The van der Waals surface area contributed by atoms with E-state index in [-0.39, 0.29) is 34.3 Å². The number of alkyl halides is 2. The lowest BCUT2D eigenvalue weighted by Crippen LogP contribution is -2.25. The third kappa shape index (κ3) is 5.85. The summed E-state index contributed by atoms with van der Waals surface area (Å²) in [6.07, 6.45) is 0.812. The molecule has 1 aliphatic heterocycles. The normalized spacial score (nSPS) is 16.8. The van der Waals surface area contributed by atoms with E-state index in [1.165, 1.54) is 23.5 Å². The molecule has 1 fully saturated rings. The van der Waals surface area contributed by atoms with E-state index in [2.05, 4.69) is 30.7 Å². The molecular formula is C26H29F2N3O3S. The Balaban J connectivity index is 1.79. The predicted octanol–water partition coefficient (Wildman–Crippen LogP) is 6.20. The van der Waals surface area contributed by atoms with Gasteiger partial charge in [-0.1, -0.05) is 26.8 Å². The summed E-state index contributed by atoms with van der Waals surface area (Å²) in [5.41, 5.74) is 0.561. The maximum Gasteiger partial charge on any atom is 0.283 e. The minimum Gasteiger partial charge on any atom is -0.438 e. The fourth-order valence-corrected chi connectivity index (χ4v) is 5.28. The van der Waals surface area contributed by atoms with E-state index < -0.39 is 12.3 Å². The highest BCUT2D eigenvalue weighted by atomic mass is 32.1. The molecule has 1 atom stereocenters. The monoisotopic (exact) mass is 501 g/mol. The molecule has 186 valence electrons. The van der Waals surface area contributed by atoms with Gasteiger partial charge in [-0.3, -0.25) is 4.79 Å². The fraction of sp³-hybridized carbons (Fsp3) is 0.423. The van der Waals surface area contributed by atoms with E-state index in [1.54, 1.807) is 24.4 Å². The average Bonchev–Trinajstić information content (AvgIpc) is 3.43. The van der Waals surface area contributed by atoms with Gasteiger partial charge in [-0.05, 0) is 49.4 Å². The van der Waals surface area contributed by atoms with Crippen LogP contribution in [0, 0.1) is 6.92 Å². The van der Waals surface area contributed by atoms with E-state index in [0.29, 0.717) is 11.3 Å². The molecule has 6 nitrogen and oxygen atoms in total. The van der Waals surface area contributed by atoms with Crippen molar-refractivity contribution in [2.75, 3.05) is 6.61 Å². The maximum atomic E-state index is 13.5. The number of aromatic nitrogens is 2. The number of rotatable bonds is 6. The number of thiazole rings is 1. The molecule has 0 radical (unpaired) electrons. The summed E-state index contributed by atoms with van der Waals surface area (Å²) in [7, 11) is 0. The van der Waals surface area contributed by atoms with E-state index >= 15 is 0 Å². The van der Waals surface area contributed by atoms with E-state index in [0.717, 1.165) is 36.1 Å². The number of amides is 1. The van der Waals surface area contributed by atoms with Gasteiger partial charge in [0.25, 0.3) is 12.3 Å². The van der Waals surface area contributed by atoms with Gasteiger partial charge in [0.1, 0.15) is 5.75 Å². The summed E-state index contributed by atoms with van der Waals surface area (Å²) in [5, 5.41) is 0. The Morgan fingerprint density at radius 2 is 2.11 bits per heavy atom. The van der Waals surface area contributed by atoms with Crippen LogP contribution in [0.4, 0.5) is 8.78 Å². The number of nitrogens with zero attached hydrogens (tertiary/aromatic N) is 3. The van der Waals surface area contributed by atoms with Crippen molar-refractivity contribution in [3.05, 3.63) is 69.1 Å². The largest absolute Gasteiger partial charge is 0.438 e. The van der Waals surface area contributed by atoms with E-state index in [9.17, 15) is 13.6 Å². The first-order chi connectivity index (χ1) is 16.6. The third-order valence-corrected chi connectivity index (χ3v) is 7.39. The number of benzene rings is 1. The smallest absolute Gasteiger partial charge is 0.283 e. The Kier molecular flexibility index (Phi) is 7.47. The molecule has 1 aromatic carbocycles. The minimum absolute atomic E-state index is 0.0412. The lowest BCUT2D eigenvalue weighted by molar-refractivity contribution is 0.0944. The lowest BCUT2D eigenvalue weighted by Gasteiger charge is -2.18. The van der Waals surface area contributed by atoms with Crippen LogP contribution in [0.15, 0.2) is 47.6 Å². The molecule has 1 saturated heterocycles. The van der Waals surface area contributed by atoms with E-state index in [1.807, 2.05) is 11.5 Å². The average molecular weight is 502 g/mol. The summed E-state index contributed by atoms with van der Waals surface area (Å²) in [4.78, 5) is 23.5. The van der Waals surface area contributed by atoms with Crippen LogP contribution in [0.5, 0.6) is 11.6 Å². The number of hydrogen-bond acceptors (Lipinski definition) is 5. The number of carbonyl (C=O) groups is 1. The molecule has 0 saturated carbocycles. The SMILES string of the molecule is Cc1c(C(C)(C)C)sc(=NC(=O)c2cc(C(F)F)ccc2Oc2ccccn2)n1CC1CCCO1. The number of carbonyl (C=O) groups excluding carboxylic acids is 1. The molecular weight excluding hydrogens is 472 g/mol. The Morgan fingerprint density at radius 3 is 2.74 bits per heavy atom. The summed E-state index contributed by atoms with van der Waals surface area (Å²) in [5.74, 6) is -0.278. The van der Waals surface area contributed by atoms with Gasteiger partial charge in [-0.2, -0.15) is 4.99 Å². The third-order valence-electron chi connectivity index (χ3n) is 5.78. The molecule has 3 aromatic rings. The molecule has 4 rings (SSSR count). The minimum atomic E-state index is -2.73. The van der Waals surface area contributed by atoms with Crippen LogP contribution < -0.4 is 9.54 Å². The maximum absolute atomic E-state index is 13.5. The zero-order valence-electron chi connectivity index (χ0n) is 20.3. The topological polar surface area (TPSA) is 65.7 Å². The van der Waals surface area contributed by atoms with Gasteiger partial charge in [-0.25, -0.2) is 13.8 Å². The van der Waals surface area contributed by atoms with E-state index in [4.69, 9.17) is 9.47 Å².